The molecule has 0 aliphatic rings. The normalized spacial score (nSPS) is 12.2. The zero-order chi connectivity index (χ0) is 14.5. The molecule has 0 fully saturated rings. The monoisotopic (exact) mass is 333 g/mol. The predicted molar refractivity (Wildman–Crippen MR) is 88.0 cm³/mol. The molecule has 3 heteroatoms. The molecule has 0 heterocycles. The van der Waals surface area contributed by atoms with E-state index in [2.05, 4.69) is 35.8 Å². The Morgan fingerprint density at radius 1 is 1.20 bits per heavy atom. The minimum atomic E-state index is 0.497. The van der Waals surface area contributed by atoms with Gasteiger partial charge in [0, 0.05) is 0 Å². The fourth-order valence-corrected chi connectivity index (χ4v) is 2.65. The molecule has 1 atom stereocenters. The van der Waals surface area contributed by atoms with Crippen molar-refractivity contribution in [3.63, 3.8) is 0 Å². The third-order valence-corrected chi connectivity index (χ3v) is 4.09. The van der Waals surface area contributed by atoms with Crippen molar-refractivity contribution in [2.24, 2.45) is 0 Å². The summed E-state index contributed by atoms with van der Waals surface area (Å²) < 4.78 is 6.77. The second kappa shape index (κ2) is 6.80. The molecule has 2 aromatic rings. The first kappa shape index (κ1) is 14.9. The summed E-state index contributed by atoms with van der Waals surface area (Å²) in [6, 6.07) is 14.2. The van der Waals surface area contributed by atoms with Gasteiger partial charge in [-0.1, -0.05) is 44.2 Å². The highest BCUT2D eigenvalue weighted by Gasteiger charge is 2.12. The SMILES string of the molecule is CCC(C)c1cc(N)c(OCc2ccccc2)c(Br)c1. The van der Waals surface area contributed by atoms with Gasteiger partial charge >= 0.3 is 0 Å². The van der Waals surface area contributed by atoms with Crippen LogP contribution in [0, 0.1) is 0 Å². The summed E-state index contributed by atoms with van der Waals surface area (Å²) >= 11 is 3.56. The lowest BCUT2D eigenvalue weighted by molar-refractivity contribution is 0.306. The van der Waals surface area contributed by atoms with Gasteiger partial charge in [0.1, 0.15) is 6.61 Å². The minimum Gasteiger partial charge on any atom is -0.486 e. The van der Waals surface area contributed by atoms with Gasteiger partial charge in [-0.2, -0.15) is 0 Å². The molecular weight excluding hydrogens is 314 g/mol. The minimum absolute atomic E-state index is 0.497. The fraction of sp³-hybridized carbons (Fsp3) is 0.294. The topological polar surface area (TPSA) is 35.2 Å². The molecule has 0 aromatic heterocycles. The van der Waals surface area contributed by atoms with Gasteiger partial charge in [0.2, 0.25) is 0 Å². The van der Waals surface area contributed by atoms with Gasteiger partial charge < -0.3 is 10.5 Å². The molecule has 106 valence electrons. The summed E-state index contributed by atoms with van der Waals surface area (Å²) in [6.45, 7) is 4.90. The van der Waals surface area contributed by atoms with Crippen LogP contribution in [0.5, 0.6) is 5.75 Å². The van der Waals surface area contributed by atoms with Crippen LogP contribution >= 0.6 is 15.9 Å². The van der Waals surface area contributed by atoms with E-state index in [9.17, 15) is 0 Å². The molecule has 0 saturated heterocycles. The molecule has 0 aliphatic carbocycles. The lowest BCUT2D eigenvalue weighted by Gasteiger charge is -2.15. The molecule has 0 amide bonds. The number of hydrogen-bond acceptors (Lipinski definition) is 2. The number of nitrogens with two attached hydrogens (primary N) is 1. The third kappa shape index (κ3) is 3.54. The first-order valence-corrected chi connectivity index (χ1v) is 7.66. The molecule has 0 saturated carbocycles. The van der Waals surface area contributed by atoms with Crippen molar-refractivity contribution in [2.45, 2.75) is 32.8 Å². The third-order valence-electron chi connectivity index (χ3n) is 3.50. The number of ether oxygens (including phenoxy) is 1. The van der Waals surface area contributed by atoms with Crippen LogP contribution < -0.4 is 10.5 Å². The smallest absolute Gasteiger partial charge is 0.156 e. The number of nitrogen functional groups attached to an aromatic ring is 1. The highest BCUT2D eigenvalue weighted by molar-refractivity contribution is 9.10. The molecule has 0 bridgehead atoms. The first-order chi connectivity index (χ1) is 9.61. The van der Waals surface area contributed by atoms with Gasteiger partial charge in [0.15, 0.2) is 5.75 Å². The van der Waals surface area contributed by atoms with Crippen molar-refractivity contribution in [2.75, 3.05) is 5.73 Å². The largest absolute Gasteiger partial charge is 0.486 e. The van der Waals surface area contributed by atoms with E-state index >= 15 is 0 Å². The van der Waals surface area contributed by atoms with Crippen LogP contribution in [-0.4, -0.2) is 0 Å². The number of rotatable bonds is 5. The Balaban J connectivity index is 2.16. The van der Waals surface area contributed by atoms with Gasteiger partial charge in [-0.3, -0.25) is 0 Å². The summed E-state index contributed by atoms with van der Waals surface area (Å²) in [4.78, 5) is 0. The zero-order valence-electron chi connectivity index (χ0n) is 11.9. The average Bonchev–Trinajstić information content (AvgIpc) is 2.46. The molecule has 0 aliphatic heterocycles. The zero-order valence-corrected chi connectivity index (χ0v) is 13.5. The maximum absolute atomic E-state index is 6.12. The van der Waals surface area contributed by atoms with Crippen LogP contribution in [0.1, 0.15) is 37.3 Å². The second-order valence-corrected chi connectivity index (χ2v) is 5.86. The molecule has 20 heavy (non-hydrogen) atoms. The lowest BCUT2D eigenvalue weighted by atomic mass is 9.98. The van der Waals surface area contributed by atoms with E-state index in [1.54, 1.807) is 0 Å². The Morgan fingerprint density at radius 2 is 1.90 bits per heavy atom. The maximum Gasteiger partial charge on any atom is 0.156 e. The van der Waals surface area contributed by atoms with Crippen molar-refractivity contribution in [1.82, 2.24) is 0 Å². The van der Waals surface area contributed by atoms with E-state index in [1.807, 2.05) is 36.4 Å². The lowest BCUT2D eigenvalue weighted by Crippen LogP contribution is -2.02. The molecule has 2 nitrogen and oxygen atoms in total. The van der Waals surface area contributed by atoms with E-state index in [4.69, 9.17) is 10.5 Å². The van der Waals surface area contributed by atoms with Crippen LogP contribution in [0.2, 0.25) is 0 Å². The number of anilines is 1. The van der Waals surface area contributed by atoms with E-state index in [-0.39, 0.29) is 0 Å². The van der Waals surface area contributed by atoms with Crippen molar-refractivity contribution in [3.8, 4) is 5.75 Å². The van der Waals surface area contributed by atoms with Crippen molar-refractivity contribution >= 4 is 21.6 Å². The predicted octanol–water partition coefficient (Wildman–Crippen LogP) is 5.12. The summed E-state index contributed by atoms with van der Waals surface area (Å²) in [6.07, 6.45) is 1.09. The molecule has 0 spiro atoms. The fourth-order valence-electron chi connectivity index (χ4n) is 2.04. The van der Waals surface area contributed by atoms with Crippen LogP contribution in [0.15, 0.2) is 46.9 Å². The highest BCUT2D eigenvalue weighted by atomic mass is 79.9. The summed E-state index contributed by atoms with van der Waals surface area (Å²) in [5.41, 5.74) is 9.18. The molecule has 2 aromatic carbocycles. The van der Waals surface area contributed by atoms with Gasteiger partial charge in [-0.15, -0.1) is 0 Å². The summed E-state index contributed by atoms with van der Waals surface area (Å²) in [7, 11) is 0. The van der Waals surface area contributed by atoms with Gasteiger partial charge in [0.05, 0.1) is 10.2 Å². The molecular formula is C17H20BrNO. The van der Waals surface area contributed by atoms with Crippen molar-refractivity contribution in [1.29, 1.82) is 0 Å². The van der Waals surface area contributed by atoms with Crippen LogP contribution in [-0.2, 0) is 6.61 Å². The van der Waals surface area contributed by atoms with E-state index in [0.29, 0.717) is 18.2 Å². The second-order valence-electron chi connectivity index (χ2n) is 5.00. The highest BCUT2D eigenvalue weighted by Crippen LogP contribution is 2.36. The number of halogens is 1. The summed E-state index contributed by atoms with van der Waals surface area (Å²) in [5.74, 6) is 1.22. The Labute approximate surface area is 129 Å². The van der Waals surface area contributed by atoms with Crippen LogP contribution in [0.3, 0.4) is 0 Å². The number of benzene rings is 2. The first-order valence-electron chi connectivity index (χ1n) is 6.87. The standard InChI is InChI=1S/C17H20BrNO/c1-3-12(2)14-9-15(18)17(16(19)10-14)20-11-13-7-5-4-6-8-13/h4-10,12H,3,11,19H2,1-2H3. The van der Waals surface area contributed by atoms with Gasteiger partial charge in [-0.25, -0.2) is 0 Å². The maximum atomic E-state index is 6.12. The average molecular weight is 334 g/mol. The van der Waals surface area contributed by atoms with Crippen molar-refractivity contribution < 1.29 is 4.74 Å². The van der Waals surface area contributed by atoms with Crippen LogP contribution in [0.4, 0.5) is 5.69 Å². The van der Waals surface area contributed by atoms with Crippen LogP contribution in [0.25, 0.3) is 0 Å². The van der Waals surface area contributed by atoms with E-state index in [0.717, 1.165) is 22.2 Å². The molecule has 2 N–H and O–H groups in total. The quantitative estimate of drug-likeness (QED) is 0.770. The molecule has 1 unspecified atom stereocenters. The Hall–Kier alpha value is -1.48. The Kier molecular flexibility index (Phi) is 5.07. The Morgan fingerprint density at radius 3 is 2.50 bits per heavy atom. The summed E-state index contributed by atoms with van der Waals surface area (Å²) in [5, 5.41) is 0. The van der Waals surface area contributed by atoms with E-state index in [1.165, 1.54) is 5.56 Å². The van der Waals surface area contributed by atoms with Gasteiger partial charge in [0.25, 0.3) is 0 Å². The van der Waals surface area contributed by atoms with Crippen molar-refractivity contribution in [3.05, 3.63) is 58.1 Å². The number of hydrogen-bond donors (Lipinski definition) is 1. The molecule has 0 radical (unpaired) electrons. The molecule has 2 rings (SSSR count). The van der Waals surface area contributed by atoms with E-state index < -0.39 is 0 Å². The van der Waals surface area contributed by atoms with Gasteiger partial charge in [-0.05, 0) is 51.5 Å². The Bertz CT molecular complexity index is 545.